The third kappa shape index (κ3) is 4.40. The van der Waals surface area contributed by atoms with E-state index in [4.69, 9.17) is 39.2 Å². The second-order valence-electron chi connectivity index (χ2n) is 6.59. The van der Waals surface area contributed by atoms with Crippen LogP contribution < -0.4 is 0 Å². The summed E-state index contributed by atoms with van der Waals surface area (Å²) in [5.41, 5.74) is 0.670. The maximum absolute atomic E-state index is 12.8. The van der Waals surface area contributed by atoms with E-state index >= 15 is 0 Å². The van der Waals surface area contributed by atoms with E-state index in [2.05, 4.69) is 0 Å². The smallest absolute Gasteiger partial charge is 0.293 e. The van der Waals surface area contributed by atoms with Gasteiger partial charge in [0, 0.05) is 39.4 Å². The van der Waals surface area contributed by atoms with Crippen LogP contribution in [0.15, 0.2) is 57.9 Å². The Labute approximate surface area is 200 Å². The second kappa shape index (κ2) is 8.99. The molecule has 0 atom stereocenters. The highest BCUT2D eigenvalue weighted by Gasteiger charge is 2.36. The van der Waals surface area contributed by atoms with Crippen LogP contribution in [-0.2, 0) is 11.3 Å². The van der Waals surface area contributed by atoms with Gasteiger partial charge in [0.1, 0.15) is 11.5 Å². The van der Waals surface area contributed by atoms with Gasteiger partial charge >= 0.3 is 0 Å². The maximum atomic E-state index is 12.8. The average Bonchev–Trinajstić information content (AvgIpc) is 3.30. The van der Waals surface area contributed by atoms with Crippen LogP contribution in [-0.4, -0.2) is 21.0 Å². The van der Waals surface area contributed by atoms with Crippen LogP contribution in [0, 0.1) is 10.1 Å². The zero-order valence-electron chi connectivity index (χ0n) is 15.9. The van der Waals surface area contributed by atoms with Crippen molar-refractivity contribution in [3.05, 3.63) is 89.9 Å². The minimum Gasteiger partial charge on any atom is -0.457 e. The van der Waals surface area contributed by atoms with E-state index in [9.17, 15) is 19.7 Å². The van der Waals surface area contributed by atoms with Crippen molar-refractivity contribution in [3.63, 3.8) is 0 Å². The number of rotatable bonds is 5. The van der Waals surface area contributed by atoms with Crippen LogP contribution in [0.1, 0.15) is 11.3 Å². The highest BCUT2D eigenvalue weighted by Crippen LogP contribution is 2.37. The van der Waals surface area contributed by atoms with E-state index < -0.39 is 16.1 Å². The fourth-order valence-corrected chi connectivity index (χ4v) is 4.54. The molecule has 1 saturated heterocycles. The molecule has 2 aromatic carbocycles. The van der Waals surface area contributed by atoms with Crippen LogP contribution in [0.5, 0.6) is 0 Å². The Morgan fingerprint density at radius 3 is 2.44 bits per heavy atom. The van der Waals surface area contributed by atoms with Gasteiger partial charge in [-0.15, -0.1) is 0 Å². The number of imide groups is 1. The van der Waals surface area contributed by atoms with E-state index in [0.717, 1.165) is 16.7 Å². The van der Waals surface area contributed by atoms with E-state index in [1.54, 1.807) is 30.3 Å². The van der Waals surface area contributed by atoms with Crippen molar-refractivity contribution in [2.75, 3.05) is 0 Å². The van der Waals surface area contributed by atoms with E-state index in [1.807, 2.05) is 0 Å². The summed E-state index contributed by atoms with van der Waals surface area (Å²) in [5, 5.41) is 11.5. The van der Waals surface area contributed by atoms with Crippen LogP contribution in [0.4, 0.5) is 10.5 Å². The molecule has 0 N–H and O–H groups in total. The van der Waals surface area contributed by atoms with Crippen molar-refractivity contribution in [3.8, 4) is 11.3 Å². The van der Waals surface area contributed by atoms with Crippen molar-refractivity contribution >= 4 is 69.5 Å². The summed E-state index contributed by atoms with van der Waals surface area (Å²) >= 11 is 19.2. The molecule has 0 aliphatic carbocycles. The van der Waals surface area contributed by atoms with Crippen molar-refractivity contribution in [2.45, 2.75) is 6.54 Å². The predicted molar refractivity (Wildman–Crippen MR) is 124 cm³/mol. The molecular formula is C21H11Cl3N2O5S. The van der Waals surface area contributed by atoms with Crippen LogP contribution in [0.2, 0.25) is 15.1 Å². The Bertz CT molecular complexity index is 1280. The average molecular weight is 510 g/mol. The van der Waals surface area contributed by atoms with Crippen LogP contribution in [0.3, 0.4) is 0 Å². The molecule has 0 radical (unpaired) electrons. The number of halogens is 3. The van der Waals surface area contributed by atoms with Gasteiger partial charge in [-0.25, -0.2) is 0 Å². The number of hydrogen-bond acceptors (Lipinski definition) is 6. The van der Waals surface area contributed by atoms with Gasteiger partial charge in [0.05, 0.1) is 21.4 Å². The fourth-order valence-electron chi connectivity index (χ4n) is 3.00. The molecule has 0 unspecified atom stereocenters. The fraction of sp³-hybridized carbons (Fsp3) is 0.0476. The molecule has 7 nitrogen and oxygen atoms in total. The number of benzene rings is 2. The third-order valence-corrected chi connectivity index (χ3v) is 6.52. The third-order valence-electron chi connectivity index (χ3n) is 4.58. The lowest BCUT2D eigenvalue weighted by molar-refractivity contribution is -0.384. The van der Waals surface area contributed by atoms with E-state index in [-0.39, 0.29) is 33.7 Å². The van der Waals surface area contributed by atoms with Crippen molar-refractivity contribution in [2.24, 2.45) is 0 Å². The minimum atomic E-state index is -0.537. The largest absolute Gasteiger partial charge is 0.457 e. The first kappa shape index (κ1) is 22.4. The van der Waals surface area contributed by atoms with Crippen molar-refractivity contribution in [1.82, 2.24) is 4.90 Å². The van der Waals surface area contributed by atoms with Gasteiger partial charge in [0.25, 0.3) is 16.8 Å². The Morgan fingerprint density at radius 1 is 1.03 bits per heavy atom. The lowest BCUT2D eigenvalue weighted by Gasteiger charge is -2.14. The molecule has 32 heavy (non-hydrogen) atoms. The number of hydrogen-bond donors (Lipinski definition) is 0. The molecule has 0 spiro atoms. The molecule has 1 aromatic heterocycles. The summed E-state index contributed by atoms with van der Waals surface area (Å²) in [6, 6.07) is 12.1. The number of furan rings is 1. The molecule has 2 amide bonds. The molecule has 0 saturated carbocycles. The summed E-state index contributed by atoms with van der Waals surface area (Å²) < 4.78 is 5.70. The second-order valence-corrected chi connectivity index (χ2v) is 8.81. The molecular weight excluding hydrogens is 499 g/mol. The van der Waals surface area contributed by atoms with Gasteiger partial charge in [-0.05, 0) is 42.1 Å². The summed E-state index contributed by atoms with van der Waals surface area (Å²) in [6.45, 7) is -0.0623. The Balaban J connectivity index is 1.59. The monoisotopic (exact) mass is 508 g/mol. The first-order valence-corrected chi connectivity index (χ1v) is 10.9. The molecule has 3 aromatic rings. The van der Waals surface area contributed by atoms with Crippen LogP contribution >= 0.6 is 46.6 Å². The maximum Gasteiger partial charge on any atom is 0.293 e. The van der Waals surface area contributed by atoms with Gasteiger partial charge in [0.15, 0.2) is 0 Å². The molecule has 162 valence electrons. The number of nitrogens with zero attached hydrogens (tertiary/aromatic N) is 2. The zero-order valence-corrected chi connectivity index (χ0v) is 19.0. The number of nitro benzene ring substituents is 1. The first-order valence-electron chi connectivity index (χ1n) is 8.97. The molecule has 2 heterocycles. The highest BCUT2D eigenvalue weighted by atomic mass is 35.5. The quantitative estimate of drug-likeness (QED) is 0.208. The van der Waals surface area contributed by atoms with Crippen molar-refractivity contribution < 1.29 is 18.9 Å². The lowest BCUT2D eigenvalue weighted by atomic mass is 10.1. The standard InChI is InChI=1S/C21H11Cl3N2O5S/c22-15-2-1-3-16(23)14(15)10-25-20(27)19(32-21(25)28)9-12-5-7-18(31-12)13-8-11(26(29)30)4-6-17(13)24/h1-9H,10H2/b19-9+. The normalized spacial score (nSPS) is 15.1. The van der Waals surface area contributed by atoms with E-state index in [0.29, 0.717) is 21.2 Å². The number of carbonyl (C=O) groups is 2. The number of thioether (sulfide) groups is 1. The summed E-state index contributed by atoms with van der Waals surface area (Å²) in [6.07, 6.45) is 1.42. The van der Waals surface area contributed by atoms with Gasteiger partial charge in [-0.3, -0.25) is 24.6 Å². The predicted octanol–water partition coefficient (Wildman–Crippen LogP) is 7.05. The number of non-ortho nitro benzene ring substituents is 1. The molecule has 0 bridgehead atoms. The summed E-state index contributed by atoms with van der Waals surface area (Å²) in [7, 11) is 0. The Kier molecular flexibility index (Phi) is 6.30. The Morgan fingerprint density at radius 2 is 1.75 bits per heavy atom. The van der Waals surface area contributed by atoms with Crippen LogP contribution in [0.25, 0.3) is 17.4 Å². The minimum absolute atomic E-state index is 0.0623. The van der Waals surface area contributed by atoms with Gasteiger partial charge in [-0.1, -0.05) is 40.9 Å². The number of nitro groups is 1. The van der Waals surface area contributed by atoms with Gasteiger partial charge in [-0.2, -0.15) is 0 Å². The number of carbonyl (C=O) groups excluding carboxylic acids is 2. The number of amides is 2. The van der Waals surface area contributed by atoms with Gasteiger partial charge < -0.3 is 4.42 Å². The summed E-state index contributed by atoms with van der Waals surface area (Å²) in [5.74, 6) is 0.0539. The van der Waals surface area contributed by atoms with Crippen molar-refractivity contribution in [1.29, 1.82) is 0 Å². The molecule has 1 aliphatic heterocycles. The highest BCUT2D eigenvalue weighted by molar-refractivity contribution is 8.18. The molecule has 4 rings (SSSR count). The summed E-state index contributed by atoms with van der Waals surface area (Å²) in [4.78, 5) is 36.9. The van der Waals surface area contributed by atoms with E-state index in [1.165, 1.54) is 24.3 Å². The van der Waals surface area contributed by atoms with Gasteiger partial charge in [0.2, 0.25) is 0 Å². The molecule has 11 heteroatoms. The Hall–Kier alpha value is -2.78. The SMILES string of the molecule is O=C1S/C(=C/c2ccc(-c3cc([N+](=O)[O-])ccc3Cl)o2)C(=O)N1Cc1c(Cl)cccc1Cl. The zero-order chi connectivity index (χ0) is 23.0. The first-order chi connectivity index (χ1) is 15.2. The topological polar surface area (TPSA) is 93.7 Å². The molecule has 1 aliphatic rings. The lowest BCUT2D eigenvalue weighted by Crippen LogP contribution is -2.27. The molecule has 1 fully saturated rings.